The van der Waals surface area contributed by atoms with Gasteiger partial charge in [-0.25, -0.2) is 9.69 Å². The van der Waals surface area contributed by atoms with E-state index in [1.165, 1.54) is 16.4 Å². The van der Waals surface area contributed by atoms with Crippen LogP contribution in [0.5, 0.6) is 0 Å². The van der Waals surface area contributed by atoms with Crippen LogP contribution in [-0.2, 0) is 11.8 Å². The number of benzene rings is 3. The Morgan fingerprint density at radius 1 is 0.919 bits per heavy atom. The van der Waals surface area contributed by atoms with Gasteiger partial charge in [0.2, 0.25) is 0 Å². The number of hydrazone groups is 1. The van der Waals surface area contributed by atoms with Gasteiger partial charge in [0.05, 0.1) is 17.1 Å². The van der Waals surface area contributed by atoms with Crippen molar-refractivity contribution in [3.63, 3.8) is 0 Å². The van der Waals surface area contributed by atoms with Gasteiger partial charge in [-0.1, -0.05) is 66.7 Å². The fourth-order valence-electron chi connectivity index (χ4n) is 3.97. The van der Waals surface area contributed by atoms with Gasteiger partial charge in [-0.05, 0) is 43.0 Å². The van der Waals surface area contributed by atoms with Crippen molar-refractivity contribution >= 4 is 34.1 Å². The monoisotopic (exact) mass is 506 g/mol. The fraction of sp³-hybridized carbons (Fsp3) is 0.0714. The number of carbonyl (C=O) groups excluding carboxylic acids is 1. The smallest absolute Gasteiger partial charge is 0.295 e. The van der Waals surface area contributed by atoms with Gasteiger partial charge in [-0.15, -0.1) is 0 Å². The number of rotatable bonds is 5. The lowest BCUT2D eigenvalue weighted by atomic mass is 10.2. The van der Waals surface area contributed by atoms with E-state index in [0.717, 1.165) is 5.56 Å². The molecule has 0 fully saturated rings. The molecule has 182 valence electrons. The largest absolute Gasteiger partial charge is 0.315 e. The molecule has 37 heavy (non-hydrogen) atoms. The topological polar surface area (TPSA) is 95.4 Å². The van der Waals surface area contributed by atoms with Gasteiger partial charge in [-0.2, -0.15) is 10.4 Å². The number of hydrogen-bond acceptors (Lipinski definition) is 6. The number of aromatic nitrogens is 2. The molecular formula is C28H22N6O2S. The zero-order valence-electron chi connectivity index (χ0n) is 20.1. The maximum absolute atomic E-state index is 13.5. The number of nitrogens with zero attached hydrogens (tertiary/aromatic N) is 5. The molecule has 8 nitrogen and oxygen atoms in total. The van der Waals surface area contributed by atoms with Crippen LogP contribution >= 0.6 is 11.8 Å². The molecule has 1 N–H and O–H groups in total. The summed E-state index contributed by atoms with van der Waals surface area (Å²) in [6.07, 6.45) is 0. The third-order valence-corrected chi connectivity index (χ3v) is 7.02. The molecule has 2 heterocycles. The minimum atomic E-state index is -0.679. The number of nitriles is 1. The molecule has 0 unspecified atom stereocenters. The predicted octanol–water partition coefficient (Wildman–Crippen LogP) is 4.77. The second-order valence-corrected chi connectivity index (χ2v) is 9.18. The van der Waals surface area contributed by atoms with E-state index in [1.54, 1.807) is 23.7 Å². The first kappa shape index (κ1) is 23.9. The van der Waals surface area contributed by atoms with E-state index in [-0.39, 0.29) is 16.8 Å². The Morgan fingerprint density at radius 2 is 1.49 bits per heavy atom. The third kappa shape index (κ3) is 4.46. The van der Waals surface area contributed by atoms with Crippen molar-refractivity contribution in [1.82, 2.24) is 9.36 Å². The lowest BCUT2D eigenvalue weighted by Gasteiger charge is -2.16. The molecule has 0 radical (unpaired) electrons. The van der Waals surface area contributed by atoms with E-state index in [9.17, 15) is 14.9 Å². The highest BCUT2D eigenvalue weighted by Crippen LogP contribution is 2.38. The van der Waals surface area contributed by atoms with Crippen LogP contribution in [-0.4, -0.2) is 20.3 Å². The fourth-order valence-corrected chi connectivity index (χ4v) is 5.01. The quantitative estimate of drug-likeness (QED) is 0.311. The molecule has 0 spiro atoms. The number of amides is 1. The first-order chi connectivity index (χ1) is 18.0. The lowest BCUT2D eigenvalue weighted by molar-refractivity contribution is -0.112. The first-order valence-electron chi connectivity index (χ1n) is 11.5. The molecule has 0 aliphatic carbocycles. The summed E-state index contributed by atoms with van der Waals surface area (Å²) in [5, 5.41) is 20.1. The molecule has 5 rings (SSSR count). The van der Waals surface area contributed by atoms with Gasteiger partial charge in [-0.3, -0.25) is 14.3 Å². The highest BCUT2D eigenvalue weighted by atomic mass is 32.2. The molecule has 1 aliphatic heterocycles. The summed E-state index contributed by atoms with van der Waals surface area (Å²) in [6, 6.07) is 30.1. The van der Waals surface area contributed by atoms with E-state index in [1.807, 2.05) is 97.1 Å². The van der Waals surface area contributed by atoms with Crippen LogP contribution in [0.2, 0.25) is 0 Å². The second kappa shape index (κ2) is 10.0. The molecular weight excluding hydrogens is 484 g/mol. The molecule has 0 saturated carbocycles. The summed E-state index contributed by atoms with van der Waals surface area (Å²) in [4.78, 5) is 26.8. The van der Waals surface area contributed by atoms with E-state index in [2.05, 4.69) is 5.32 Å². The van der Waals surface area contributed by atoms with Crippen molar-refractivity contribution in [3.8, 4) is 11.8 Å². The maximum Gasteiger partial charge on any atom is 0.295 e. The van der Waals surface area contributed by atoms with Crippen LogP contribution in [0, 0.1) is 18.3 Å². The Bertz CT molecular complexity index is 1630. The number of para-hydroxylation sites is 2. The van der Waals surface area contributed by atoms with Crippen LogP contribution in [0.15, 0.2) is 111 Å². The molecule has 9 heteroatoms. The lowest BCUT2D eigenvalue weighted by Crippen LogP contribution is -2.24. The van der Waals surface area contributed by atoms with Gasteiger partial charge in [0, 0.05) is 12.6 Å². The molecule has 0 saturated heterocycles. The van der Waals surface area contributed by atoms with Crippen LogP contribution < -0.4 is 15.9 Å². The summed E-state index contributed by atoms with van der Waals surface area (Å²) in [6.45, 7) is 1.74. The second-order valence-electron chi connectivity index (χ2n) is 8.20. The molecule has 3 aromatic carbocycles. The predicted molar refractivity (Wildman–Crippen MR) is 147 cm³/mol. The molecule has 0 bridgehead atoms. The zero-order chi connectivity index (χ0) is 25.9. The van der Waals surface area contributed by atoms with Gasteiger partial charge < -0.3 is 5.32 Å². The number of hydrogen-bond donors (Lipinski definition) is 1. The minimum Gasteiger partial charge on any atom is -0.315 e. The average molecular weight is 507 g/mol. The van der Waals surface area contributed by atoms with Crippen molar-refractivity contribution in [1.29, 1.82) is 5.26 Å². The maximum atomic E-state index is 13.5. The van der Waals surface area contributed by atoms with Crippen molar-refractivity contribution in [2.24, 2.45) is 12.1 Å². The molecule has 4 aromatic rings. The van der Waals surface area contributed by atoms with Gasteiger partial charge in [0.25, 0.3) is 11.5 Å². The summed E-state index contributed by atoms with van der Waals surface area (Å²) < 4.78 is 3.14. The first-order valence-corrected chi connectivity index (χ1v) is 12.3. The number of nitrogens with one attached hydrogen (secondary N) is 1. The Kier molecular flexibility index (Phi) is 6.49. The van der Waals surface area contributed by atoms with Crippen molar-refractivity contribution < 1.29 is 4.79 Å². The zero-order valence-corrected chi connectivity index (χ0v) is 20.9. The number of carbonyl (C=O) groups is 1. The number of anilines is 2. The van der Waals surface area contributed by atoms with Crippen LogP contribution in [0.25, 0.3) is 5.69 Å². The van der Waals surface area contributed by atoms with Crippen molar-refractivity contribution in [3.05, 3.63) is 123 Å². The summed E-state index contributed by atoms with van der Waals surface area (Å²) in [7, 11) is 1.74. The standard InChI is InChI=1S/C28H22N6O2S/c1-19-24(27(36)34(32(19)2)22-16-10-5-11-17-22)30-25(35)23(18-29)28-33(21-14-8-4-9-15-21)31-26(37-28)20-12-6-3-7-13-20/h3-17H,1-2H3,(H,30,35)/b28-23+. The van der Waals surface area contributed by atoms with Crippen LogP contribution in [0.3, 0.4) is 0 Å². The van der Waals surface area contributed by atoms with E-state index < -0.39 is 5.91 Å². The highest BCUT2D eigenvalue weighted by molar-refractivity contribution is 8.18. The average Bonchev–Trinajstić information content (AvgIpc) is 3.46. The Labute approximate surface area is 217 Å². The van der Waals surface area contributed by atoms with Crippen LogP contribution in [0.4, 0.5) is 11.4 Å². The summed E-state index contributed by atoms with van der Waals surface area (Å²) in [5.74, 6) is -0.679. The normalized spacial score (nSPS) is 14.2. The molecule has 1 aromatic heterocycles. The summed E-state index contributed by atoms with van der Waals surface area (Å²) >= 11 is 1.24. The SMILES string of the molecule is Cc1c(NC(=O)/C(C#N)=C2/SC(c3ccccc3)=NN2c2ccccc2)c(=O)n(-c2ccccc2)n1C. The third-order valence-electron chi connectivity index (χ3n) is 5.94. The van der Waals surface area contributed by atoms with E-state index in [0.29, 0.717) is 27.1 Å². The number of thioether (sulfide) groups is 1. The Hall–Kier alpha value is -4.81. The summed E-state index contributed by atoms with van der Waals surface area (Å²) in [5.41, 5.74) is 2.39. The molecule has 0 atom stereocenters. The van der Waals surface area contributed by atoms with E-state index in [4.69, 9.17) is 5.10 Å². The molecule has 1 amide bonds. The Morgan fingerprint density at radius 3 is 2.08 bits per heavy atom. The Balaban J connectivity index is 1.55. The minimum absolute atomic E-state index is 0.114. The van der Waals surface area contributed by atoms with Gasteiger partial charge in [0.1, 0.15) is 27.4 Å². The van der Waals surface area contributed by atoms with E-state index >= 15 is 0 Å². The van der Waals surface area contributed by atoms with Gasteiger partial charge in [0.15, 0.2) is 0 Å². The van der Waals surface area contributed by atoms with Crippen molar-refractivity contribution in [2.45, 2.75) is 6.92 Å². The molecule has 1 aliphatic rings. The van der Waals surface area contributed by atoms with Crippen molar-refractivity contribution in [2.75, 3.05) is 10.3 Å². The van der Waals surface area contributed by atoms with Crippen LogP contribution in [0.1, 0.15) is 11.3 Å². The van der Waals surface area contributed by atoms with Gasteiger partial charge >= 0.3 is 0 Å². The highest BCUT2D eigenvalue weighted by Gasteiger charge is 2.31.